The maximum absolute atomic E-state index is 11.7. The lowest BCUT2D eigenvalue weighted by molar-refractivity contribution is 0.133. The predicted molar refractivity (Wildman–Crippen MR) is 76.9 cm³/mol. The molecule has 106 valence electrons. The molecule has 1 aromatic carbocycles. The van der Waals surface area contributed by atoms with Crippen LogP contribution in [0.1, 0.15) is 38.3 Å². The molecule has 0 bridgehead atoms. The SMILES string of the molecule is CCOCc1ccccc1CNC(=O)N[C@@H](C)CC. The van der Waals surface area contributed by atoms with Crippen molar-refractivity contribution in [1.29, 1.82) is 0 Å². The van der Waals surface area contributed by atoms with Gasteiger partial charge in [-0.2, -0.15) is 0 Å². The van der Waals surface area contributed by atoms with E-state index in [-0.39, 0.29) is 12.1 Å². The molecule has 0 fully saturated rings. The van der Waals surface area contributed by atoms with Crippen LogP contribution in [0.5, 0.6) is 0 Å². The standard InChI is InChI=1S/C15H24N2O2/c1-4-12(3)17-15(18)16-10-13-8-6-7-9-14(13)11-19-5-2/h6-9,12H,4-5,10-11H2,1-3H3,(H2,16,17,18)/t12-/m0/s1. The highest BCUT2D eigenvalue weighted by molar-refractivity contribution is 5.74. The van der Waals surface area contributed by atoms with Crippen LogP contribution in [-0.4, -0.2) is 18.7 Å². The van der Waals surface area contributed by atoms with E-state index < -0.39 is 0 Å². The van der Waals surface area contributed by atoms with Gasteiger partial charge in [0.05, 0.1) is 6.61 Å². The number of hydrogen-bond acceptors (Lipinski definition) is 2. The van der Waals surface area contributed by atoms with Gasteiger partial charge in [0.2, 0.25) is 0 Å². The Kier molecular flexibility index (Phi) is 6.97. The van der Waals surface area contributed by atoms with Crippen molar-refractivity contribution >= 4 is 6.03 Å². The van der Waals surface area contributed by atoms with Crippen molar-refractivity contribution in [2.45, 2.75) is 46.4 Å². The Bertz CT molecular complexity index is 393. The van der Waals surface area contributed by atoms with Crippen LogP contribution in [-0.2, 0) is 17.9 Å². The number of carbonyl (C=O) groups excluding carboxylic acids is 1. The van der Waals surface area contributed by atoms with E-state index in [4.69, 9.17) is 4.74 Å². The number of carbonyl (C=O) groups is 1. The first-order chi connectivity index (χ1) is 9.17. The fourth-order valence-corrected chi connectivity index (χ4v) is 1.64. The van der Waals surface area contributed by atoms with E-state index in [1.807, 2.05) is 45.0 Å². The molecule has 0 aromatic heterocycles. The van der Waals surface area contributed by atoms with Crippen molar-refractivity contribution < 1.29 is 9.53 Å². The van der Waals surface area contributed by atoms with Gasteiger partial charge in [-0.15, -0.1) is 0 Å². The summed E-state index contributed by atoms with van der Waals surface area (Å²) in [7, 11) is 0. The van der Waals surface area contributed by atoms with Crippen molar-refractivity contribution in [2.75, 3.05) is 6.61 Å². The van der Waals surface area contributed by atoms with Gasteiger partial charge < -0.3 is 15.4 Å². The molecule has 0 unspecified atom stereocenters. The van der Waals surface area contributed by atoms with Gasteiger partial charge in [-0.1, -0.05) is 31.2 Å². The van der Waals surface area contributed by atoms with E-state index in [2.05, 4.69) is 10.6 Å². The molecule has 2 N–H and O–H groups in total. The van der Waals surface area contributed by atoms with Crippen molar-refractivity contribution in [3.05, 3.63) is 35.4 Å². The molecule has 4 nitrogen and oxygen atoms in total. The highest BCUT2D eigenvalue weighted by Gasteiger charge is 2.06. The van der Waals surface area contributed by atoms with Gasteiger partial charge in [-0.3, -0.25) is 0 Å². The molecule has 0 radical (unpaired) electrons. The Morgan fingerprint density at radius 2 is 1.95 bits per heavy atom. The molecular formula is C15H24N2O2. The zero-order valence-corrected chi connectivity index (χ0v) is 12.0. The molecule has 0 spiro atoms. The predicted octanol–water partition coefficient (Wildman–Crippen LogP) is 2.82. The normalized spacial score (nSPS) is 11.9. The number of rotatable bonds is 7. The Labute approximate surface area is 115 Å². The Balaban J connectivity index is 2.50. The lowest BCUT2D eigenvalue weighted by atomic mass is 10.1. The van der Waals surface area contributed by atoms with E-state index in [9.17, 15) is 4.79 Å². The molecule has 0 saturated carbocycles. The first-order valence-corrected chi connectivity index (χ1v) is 6.86. The quantitative estimate of drug-likeness (QED) is 0.795. The Morgan fingerprint density at radius 3 is 2.58 bits per heavy atom. The minimum Gasteiger partial charge on any atom is -0.377 e. The monoisotopic (exact) mass is 264 g/mol. The molecule has 0 aliphatic rings. The lowest BCUT2D eigenvalue weighted by Crippen LogP contribution is -2.40. The van der Waals surface area contributed by atoms with Gasteiger partial charge in [-0.05, 0) is 31.4 Å². The highest BCUT2D eigenvalue weighted by Crippen LogP contribution is 2.09. The summed E-state index contributed by atoms with van der Waals surface area (Å²) < 4.78 is 5.42. The maximum Gasteiger partial charge on any atom is 0.315 e. The second-order valence-corrected chi connectivity index (χ2v) is 4.54. The third-order valence-corrected chi connectivity index (χ3v) is 3.01. The van der Waals surface area contributed by atoms with Crippen LogP contribution in [0.15, 0.2) is 24.3 Å². The van der Waals surface area contributed by atoms with E-state index in [0.29, 0.717) is 19.8 Å². The second-order valence-electron chi connectivity index (χ2n) is 4.54. The van der Waals surface area contributed by atoms with E-state index >= 15 is 0 Å². The van der Waals surface area contributed by atoms with Gasteiger partial charge in [0.1, 0.15) is 0 Å². The van der Waals surface area contributed by atoms with Gasteiger partial charge in [0, 0.05) is 19.2 Å². The number of nitrogens with one attached hydrogen (secondary N) is 2. The summed E-state index contributed by atoms with van der Waals surface area (Å²) >= 11 is 0. The molecule has 19 heavy (non-hydrogen) atoms. The first-order valence-electron chi connectivity index (χ1n) is 6.86. The summed E-state index contributed by atoms with van der Waals surface area (Å²) in [5.74, 6) is 0. The second kappa shape index (κ2) is 8.53. The summed E-state index contributed by atoms with van der Waals surface area (Å²) in [5, 5.41) is 5.76. The van der Waals surface area contributed by atoms with Gasteiger partial charge in [0.25, 0.3) is 0 Å². The van der Waals surface area contributed by atoms with Gasteiger partial charge in [0.15, 0.2) is 0 Å². The van der Waals surface area contributed by atoms with Crippen LogP contribution in [0.3, 0.4) is 0 Å². The average Bonchev–Trinajstić information content (AvgIpc) is 2.43. The first kappa shape index (κ1) is 15.5. The Morgan fingerprint density at radius 1 is 1.26 bits per heavy atom. The van der Waals surface area contributed by atoms with Gasteiger partial charge >= 0.3 is 6.03 Å². The van der Waals surface area contributed by atoms with Gasteiger partial charge in [-0.25, -0.2) is 4.79 Å². The number of amides is 2. The Hall–Kier alpha value is -1.55. The summed E-state index contributed by atoms with van der Waals surface area (Å²) in [6, 6.07) is 8.06. The summed E-state index contributed by atoms with van der Waals surface area (Å²) in [6.45, 7) is 7.80. The van der Waals surface area contributed by atoms with E-state index in [1.165, 1.54) is 0 Å². The molecule has 0 aliphatic heterocycles. The van der Waals surface area contributed by atoms with Crippen LogP contribution < -0.4 is 10.6 Å². The molecule has 0 saturated heterocycles. The third-order valence-electron chi connectivity index (χ3n) is 3.01. The van der Waals surface area contributed by atoms with Crippen LogP contribution in [0.2, 0.25) is 0 Å². The van der Waals surface area contributed by atoms with Crippen LogP contribution >= 0.6 is 0 Å². The van der Waals surface area contributed by atoms with E-state index in [0.717, 1.165) is 17.5 Å². The zero-order valence-electron chi connectivity index (χ0n) is 12.0. The molecule has 1 atom stereocenters. The molecule has 4 heteroatoms. The highest BCUT2D eigenvalue weighted by atomic mass is 16.5. The third kappa shape index (κ3) is 5.75. The van der Waals surface area contributed by atoms with E-state index in [1.54, 1.807) is 0 Å². The molecule has 0 aliphatic carbocycles. The van der Waals surface area contributed by atoms with Crippen molar-refractivity contribution in [3.8, 4) is 0 Å². The number of hydrogen-bond donors (Lipinski definition) is 2. The number of benzene rings is 1. The topological polar surface area (TPSA) is 50.4 Å². The fourth-order valence-electron chi connectivity index (χ4n) is 1.64. The lowest BCUT2D eigenvalue weighted by Gasteiger charge is -2.14. The largest absolute Gasteiger partial charge is 0.377 e. The molecule has 1 aromatic rings. The zero-order chi connectivity index (χ0) is 14.1. The molecular weight excluding hydrogens is 240 g/mol. The average molecular weight is 264 g/mol. The van der Waals surface area contributed by atoms with Crippen LogP contribution in [0.4, 0.5) is 4.79 Å². The fraction of sp³-hybridized carbons (Fsp3) is 0.533. The van der Waals surface area contributed by atoms with Crippen molar-refractivity contribution in [1.82, 2.24) is 10.6 Å². The van der Waals surface area contributed by atoms with Crippen molar-refractivity contribution in [2.24, 2.45) is 0 Å². The van der Waals surface area contributed by atoms with Crippen molar-refractivity contribution in [3.63, 3.8) is 0 Å². The van der Waals surface area contributed by atoms with Crippen LogP contribution in [0.25, 0.3) is 0 Å². The molecule has 2 amide bonds. The minimum absolute atomic E-state index is 0.124. The molecule has 0 heterocycles. The van der Waals surface area contributed by atoms with Crippen LogP contribution in [0, 0.1) is 0 Å². The molecule has 1 rings (SSSR count). The number of ether oxygens (including phenoxy) is 1. The minimum atomic E-state index is -0.124. The number of urea groups is 1. The maximum atomic E-state index is 11.7. The smallest absolute Gasteiger partial charge is 0.315 e. The summed E-state index contributed by atoms with van der Waals surface area (Å²) in [5.41, 5.74) is 2.21. The summed E-state index contributed by atoms with van der Waals surface area (Å²) in [4.78, 5) is 11.7. The summed E-state index contributed by atoms with van der Waals surface area (Å²) in [6.07, 6.45) is 0.925.